The Morgan fingerprint density at radius 1 is 0.720 bits per heavy atom. The van der Waals surface area contributed by atoms with Gasteiger partial charge in [-0.15, -0.1) is 0 Å². The first-order chi connectivity index (χ1) is 23.5. The lowest BCUT2D eigenvalue weighted by molar-refractivity contribution is -0.308. The maximum absolute atomic E-state index is 12.4. The molecule has 20 heteroatoms. The van der Waals surface area contributed by atoms with E-state index < -0.39 is 98.8 Å². The lowest BCUT2D eigenvalue weighted by Crippen LogP contribution is -2.52. The number of nitrogens with zero attached hydrogens (tertiary/aromatic N) is 4. The zero-order valence-corrected chi connectivity index (χ0v) is 26.6. The van der Waals surface area contributed by atoms with Gasteiger partial charge in [0.25, 0.3) is 11.8 Å². The van der Waals surface area contributed by atoms with Crippen LogP contribution in [0.15, 0.2) is 36.4 Å². The number of amides is 4. The van der Waals surface area contributed by atoms with Crippen LogP contribution in [0.25, 0.3) is 0 Å². The van der Waals surface area contributed by atoms with Gasteiger partial charge in [-0.3, -0.25) is 53.2 Å². The van der Waals surface area contributed by atoms with Crippen molar-refractivity contribution in [1.82, 2.24) is 24.9 Å². The van der Waals surface area contributed by atoms with Gasteiger partial charge in [-0.2, -0.15) is 0 Å². The normalized spacial score (nSPS) is 13.1. The fraction of sp³-hybridized carbons (Fsp3) is 0.433. The minimum absolute atomic E-state index is 0.0240. The highest BCUT2D eigenvalue weighted by Gasteiger charge is 2.27. The molecule has 0 radical (unpaired) electrons. The van der Waals surface area contributed by atoms with Gasteiger partial charge >= 0.3 is 17.9 Å². The topological polar surface area (TPSA) is 297 Å². The summed E-state index contributed by atoms with van der Waals surface area (Å²) in [6.45, 7) is -4.99. The Kier molecular flexibility index (Phi) is 16.1. The molecule has 2 rings (SSSR count). The molecule has 0 aliphatic carbocycles. The fourth-order valence-electron chi connectivity index (χ4n) is 4.89. The summed E-state index contributed by atoms with van der Waals surface area (Å²) in [6, 6.07) is 5.08. The molecule has 0 saturated carbocycles. The molecule has 5 N–H and O–H groups in total. The van der Waals surface area contributed by atoms with Crippen LogP contribution >= 0.6 is 0 Å². The number of anilines is 1. The Hall–Kier alpha value is -5.73. The minimum atomic E-state index is -1.57. The number of carboxylic acid groups (broad SMARTS) is 5. The number of carboxylic acids is 5. The Bertz CT molecular complexity index is 1430. The molecule has 0 aromatic heterocycles. The summed E-state index contributed by atoms with van der Waals surface area (Å²) >= 11 is 0. The quantitative estimate of drug-likeness (QED) is 0.0627. The number of hydrogen-bond acceptors (Lipinski definition) is 14. The molecule has 0 spiro atoms. The number of aliphatic carboxylic acids is 5. The molecule has 1 heterocycles. The zero-order chi connectivity index (χ0) is 37.4. The van der Waals surface area contributed by atoms with Crippen LogP contribution in [-0.4, -0.2) is 160 Å². The molecular formula is C30H36N6O14-2. The smallest absolute Gasteiger partial charge is 0.317 e. The van der Waals surface area contributed by atoms with Crippen molar-refractivity contribution in [3.63, 3.8) is 0 Å². The van der Waals surface area contributed by atoms with Crippen LogP contribution < -0.4 is 20.8 Å². The molecule has 1 atom stereocenters. The van der Waals surface area contributed by atoms with Crippen molar-refractivity contribution in [1.29, 1.82) is 0 Å². The SMILES string of the molecule is O=C([O-])CN(CCN(CC(=O)[O-])C[C@@H](Cc1ccc(NC(=O)CNC(=O)CCN2C(=O)C=CC2=O)cc1)N(CC(=O)O)CC(=O)O)CC(=O)O. The Balaban J connectivity index is 2.12. The predicted molar refractivity (Wildman–Crippen MR) is 163 cm³/mol. The molecule has 0 unspecified atom stereocenters. The van der Waals surface area contributed by atoms with E-state index in [1.165, 1.54) is 29.2 Å². The molecule has 20 nitrogen and oxygen atoms in total. The number of imide groups is 1. The molecule has 1 aromatic carbocycles. The second-order valence-electron chi connectivity index (χ2n) is 11.1. The van der Waals surface area contributed by atoms with Crippen molar-refractivity contribution >= 4 is 59.2 Å². The van der Waals surface area contributed by atoms with Gasteiger partial charge in [0.15, 0.2) is 0 Å². The maximum Gasteiger partial charge on any atom is 0.317 e. The van der Waals surface area contributed by atoms with Gasteiger partial charge in [0.2, 0.25) is 11.8 Å². The van der Waals surface area contributed by atoms with E-state index in [9.17, 15) is 63.6 Å². The predicted octanol–water partition coefficient (Wildman–Crippen LogP) is -5.37. The van der Waals surface area contributed by atoms with Crippen molar-refractivity contribution in [2.24, 2.45) is 0 Å². The Morgan fingerprint density at radius 3 is 1.76 bits per heavy atom. The van der Waals surface area contributed by atoms with Gasteiger partial charge in [0.05, 0.1) is 38.1 Å². The summed E-state index contributed by atoms with van der Waals surface area (Å²) in [5.74, 6) is -9.50. The second kappa shape index (κ2) is 19.9. The molecule has 0 fully saturated rings. The molecule has 4 amide bonds. The van der Waals surface area contributed by atoms with E-state index in [0.29, 0.717) is 11.3 Å². The van der Waals surface area contributed by atoms with Crippen LogP contribution in [0.1, 0.15) is 12.0 Å². The number of rotatable bonds is 24. The first-order valence-corrected chi connectivity index (χ1v) is 14.9. The van der Waals surface area contributed by atoms with E-state index in [-0.39, 0.29) is 39.0 Å². The lowest BCUT2D eigenvalue weighted by Gasteiger charge is -2.35. The van der Waals surface area contributed by atoms with Gasteiger partial charge in [-0.05, 0) is 24.1 Å². The van der Waals surface area contributed by atoms with Gasteiger partial charge in [-0.1, -0.05) is 12.1 Å². The third-order valence-electron chi connectivity index (χ3n) is 7.08. The van der Waals surface area contributed by atoms with E-state index in [4.69, 9.17) is 5.11 Å². The highest BCUT2D eigenvalue weighted by Crippen LogP contribution is 2.15. The van der Waals surface area contributed by atoms with Crippen LogP contribution in [0.5, 0.6) is 0 Å². The third-order valence-corrected chi connectivity index (χ3v) is 7.08. The van der Waals surface area contributed by atoms with E-state index in [2.05, 4.69) is 10.6 Å². The maximum atomic E-state index is 12.4. The molecule has 0 saturated heterocycles. The van der Waals surface area contributed by atoms with Crippen molar-refractivity contribution in [3.8, 4) is 0 Å². The van der Waals surface area contributed by atoms with E-state index in [1.54, 1.807) is 0 Å². The van der Waals surface area contributed by atoms with E-state index in [1.807, 2.05) is 0 Å². The summed E-state index contributed by atoms with van der Waals surface area (Å²) in [5.41, 5.74) is 0.808. The van der Waals surface area contributed by atoms with Crippen LogP contribution in [0.4, 0.5) is 5.69 Å². The molecule has 272 valence electrons. The van der Waals surface area contributed by atoms with Crippen molar-refractivity contribution in [2.75, 3.05) is 70.8 Å². The average molecular weight is 705 g/mol. The van der Waals surface area contributed by atoms with Crippen molar-refractivity contribution in [3.05, 3.63) is 42.0 Å². The van der Waals surface area contributed by atoms with Gasteiger partial charge in [0, 0.05) is 69.6 Å². The van der Waals surface area contributed by atoms with E-state index >= 15 is 0 Å². The van der Waals surface area contributed by atoms with Crippen LogP contribution in [-0.2, 0) is 49.6 Å². The first-order valence-electron chi connectivity index (χ1n) is 14.9. The molecule has 50 heavy (non-hydrogen) atoms. The summed E-state index contributed by atoms with van der Waals surface area (Å²) in [4.78, 5) is 109. The molecule has 0 bridgehead atoms. The average Bonchev–Trinajstić information content (AvgIpc) is 3.32. The fourth-order valence-corrected chi connectivity index (χ4v) is 4.89. The van der Waals surface area contributed by atoms with Crippen LogP contribution in [0, 0.1) is 0 Å². The van der Waals surface area contributed by atoms with Crippen molar-refractivity contribution in [2.45, 2.75) is 18.9 Å². The number of carbonyl (C=O) groups is 9. The monoisotopic (exact) mass is 704 g/mol. The zero-order valence-electron chi connectivity index (χ0n) is 26.6. The van der Waals surface area contributed by atoms with Crippen LogP contribution in [0.3, 0.4) is 0 Å². The van der Waals surface area contributed by atoms with Gasteiger partial charge in [0.1, 0.15) is 0 Å². The number of carbonyl (C=O) groups excluding carboxylic acids is 6. The largest absolute Gasteiger partial charge is 0.549 e. The van der Waals surface area contributed by atoms with Gasteiger partial charge in [-0.25, -0.2) is 0 Å². The number of hydrogen-bond donors (Lipinski definition) is 5. The van der Waals surface area contributed by atoms with E-state index in [0.717, 1.165) is 26.9 Å². The lowest BCUT2D eigenvalue weighted by atomic mass is 10.0. The summed E-state index contributed by atoms with van der Waals surface area (Å²) in [5, 5.41) is 55.5. The summed E-state index contributed by atoms with van der Waals surface area (Å²) < 4.78 is 0. The second-order valence-corrected chi connectivity index (χ2v) is 11.1. The summed E-state index contributed by atoms with van der Waals surface area (Å²) in [7, 11) is 0. The Morgan fingerprint density at radius 2 is 1.24 bits per heavy atom. The summed E-state index contributed by atoms with van der Waals surface area (Å²) in [6.07, 6.45) is 1.92. The minimum Gasteiger partial charge on any atom is -0.549 e. The molecule has 1 aliphatic heterocycles. The van der Waals surface area contributed by atoms with Gasteiger partial charge < -0.3 is 45.8 Å². The highest BCUT2D eigenvalue weighted by molar-refractivity contribution is 6.13. The highest BCUT2D eigenvalue weighted by atomic mass is 16.4. The van der Waals surface area contributed by atoms with Crippen LogP contribution in [0.2, 0.25) is 0 Å². The number of nitrogens with one attached hydrogen (secondary N) is 2. The number of benzene rings is 1. The molecule has 1 aromatic rings. The molecule has 1 aliphatic rings. The standard InChI is InChI=1S/C30H38N6O14/c37-22(7-8-36-24(39)5-6-25(36)40)31-12-23(38)32-20-3-1-19(2-4-20)11-21(35(17-29(47)48)18-30(49)50)13-33(14-26(41)42)9-10-34(15-27(43)44)16-28(45)46/h1-6,21H,7-18H2,(H,31,37)(H,32,38)(H,41,42)(H,43,44)(H,45,46)(H,47,48)(H,49,50)/p-2/t21-/m1/s1. The molecular weight excluding hydrogens is 668 g/mol. The third kappa shape index (κ3) is 15.4. The Labute approximate surface area is 284 Å². The van der Waals surface area contributed by atoms with Crippen molar-refractivity contribution < 1.29 is 68.7 Å². The first kappa shape index (κ1) is 40.4.